The van der Waals surface area contributed by atoms with E-state index in [9.17, 15) is 18.4 Å². The van der Waals surface area contributed by atoms with Gasteiger partial charge in [-0.05, 0) is 31.5 Å². The van der Waals surface area contributed by atoms with Crippen molar-refractivity contribution in [1.82, 2.24) is 9.80 Å². The molecule has 0 bridgehead atoms. The second-order valence-corrected chi connectivity index (χ2v) is 7.26. The molecule has 25 heavy (non-hydrogen) atoms. The molecule has 2 amide bonds. The summed E-state index contributed by atoms with van der Waals surface area (Å²) in [5.74, 6) is -2.83. The topological polar surface area (TPSA) is 52.7 Å². The van der Waals surface area contributed by atoms with Crippen molar-refractivity contribution in [3.8, 4) is 0 Å². The van der Waals surface area contributed by atoms with Crippen LogP contribution in [0.4, 0.5) is 14.5 Å². The van der Waals surface area contributed by atoms with Gasteiger partial charge in [0.15, 0.2) is 0 Å². The average molecular weight is 371 g/mol. The molecule has 0 saturated carbocycles. The fourth-order valence-corrected chi connectivity index (χ4v) is 3.52. The Morgan fingerprint density at radius 2 is 2.08 bits per heavy atom. The van der Waals surface area contributed by atoms with Gasteiger partial charge in [0.05, 0.1) is 18.2 Å². The number of halogens is 2. The maximum atomic E-state index is 12.6. The highest BCUT2D eigenvalue weighted by atomic mass is 32.2. The molecule has 1 unspecified atom stereocenters. The van der Waals surface area contributed by atoms with Gasteiger partial charge in [0.25, 0.3) is 5.76 Å². The molecule has 1 heterocycles. The third kappa shape index (κ3) is 5.97. The molecule has 1 fully saturated rings. The lowest BCUT2D eigenvalue weighted by Crippen LogP contribution is -2.45. The molecule has 1 saturated heterocycles. The molecule has 8 heteroatoms. The van der Waals surface area contributed by atoms with Crippen LogP contribution in [0.2, 0.25) is 0 Å². The molecule has 0 aromatic heterocycles. The molecular weight excluding hydrogens is 348 g/mol. The van der Waals surface area contributed by atoms with Crippen molar-refractivity contribution < 1.29 is 18.4 Å². The number of carbonyl (C=O) groups is 2. The Hall–Kier alpha value is -1.67. The van der Waals surface area contributed by atoms with Gasteiger partial charge in [0, 0.05) is 25.5 Å². The lowest BCUT2D eigenvalue weighted by Gasteiger charge is -2.32. The van der Waals surface area contributed by atoms with E-state index in [0.717, 1.165) is 19.4 Å². The number of thioether (sulfide) groups is 1. The first-order chi connectivity index (χ1) is 11.9. The smallest absolute Gasteiger partial charge is 0.288 e. The maximum absolute atomic E-state index is 12.6. The number of nitrogens with zero attached hydrogens (tertiary/aromatic N) is 2. The molecule has 0 spiro atoms. The molecule has 1 atom stereocenters. The van der Waals surface area contributed by atoms with E-state index in [0.29, 0.717) is 28.9 Å². The molecule has 1 aromatic rings. The lowest BCUT2D eigenvalue weighted by molar-refractivity contribution is -0.135. The van der Waals surface area contributed by atoms with E-state index in [1.54, 1.807) is 43.3 Å². The SMILES string of the molecule is CN(C)C(=O)C1CCCN(CC(=O)Nc2ccccc2SC(F)F)C1. The van der Waals surface area contributed by atoms with Gasteiger partial charge in [-0.15, -0.1) is 0 Å². The molecule has 138 valence electrons. The summed E-state index contributed by atoms with van der Waals surface area (Å²) >= 11 is 0.409. The predicted octanol–water partition coefficient (Wildman–Crippen LogP) is 2.74. The van der Waals surface area contributed by atoms with Crippen molar-refractivity contribution in [2.45, 2.75) is 23.5 Å². The van der Waals surface area contributed by atoms with Gasteiger partial charge in [0.2, 0.25) is 11.8 Å². The fraction of sp³-hybridized carbons (Fsp3) is 0.529. The monoisotopic (exact) mass is 371 g/mol. The standard InChI is InChI=1S/C17H23F2N3O2S/c1-21(2)16(24)12-6-5-9-22(10-12)11-15(23)20-13-7-3-4-8-14(13)25-17(18)19/h3-4,7-8,12,17H,5-6,9-11H2,1-2H3,(H,20,23). The number of para-hydroxylation sites is 1. The minimum atomic E-state index is -2.54. The Morgan fingerprint density at radius 3 is 2.76 bits per heavy atom. The zero-order valence-electron chi connectivity index (χ0n) is 14.4. The first-order valence-corrected chi connectivity index (χ1v) is 9.02. The van der Waals surface area contributed by atoms with E-state index in [1.165, 1.54) is 0 Å². The lowest BCUT2D eigenvalue weighted by atomic mass is 9.97. The van der Waals surface area contributed by atoms with Gasteiger partial charge in [0.1, 0.15) is 0 Å². The molecule has 0 radical (unpaired) electrons. The van der Waals surface area contributed by atoms with Gasteiger partial charge in [-0.1, -0.05) is 23.9 Å². The number of piperidine rings is 1. The van der Waals surface area contributed by atoms with E-state index in [1.807, 2.05) is 4.90 Å². The molecular formula is C17H23F2N3O2S. The summed E-state index contributed by atoms with van der Waals surface area (Å²) in [6.07, 6.45) is 1.68. The summed E-state index contributed by atoms with van der Waals surface area (Å²) in [5, 5.41) is 2.70. The predicted molar refractivity (Wildman–Crippen MR) is 94.8 cm³/mol. The second-order valence-electron chi connectivity index (χ2n) is 6.23. The minimum absolute atomic E-state index is 0.0730. The normalized spacial score (nSPS) is 18.2. The van der Waals surface area contributed by atoms with Crippen LogP contribution in [0.25, 0.3) is 0 Å². The van der Waals surface area contributed by atoms with Crippen LogP contribution in [0.3, 0.4) is 0 Å². The summed E-state index contributed by atoms with van der Waals surface area (Å²) in [6, 6.07) is 6.51. The first-order valence-electron chi connectivity index (χ1n) is 8.14. The highest BCUT2D eigenvalue weighted by Gasteiger charge is 2.27. The van der Waals surface area contributed by atoms with Crippen molar-refractivity contribution in [3.05, 3.63) is 24.3 Å². The zero-order valence-corrected chi connectivity index (χ0v) is 15.2. The van der Waals surface area contributed by atoms with Crippen LogP contribution >= 0.6 is 11.8 Å². The summed E-state index contributed by atoms with van der Waals surface area (Å²) in [4.78, 5) is 28.2. The highest BCUT2D eigenvalue weighted by Crippen LogP contribution is 2.31. The first kappa shape index (κ1) is 19.7. The van der Waals surface area contributed by atoms with E-state index in [-0.39, 0.29) is 24.3 Å². The number of alkyl halides is 2. The van der Waals surface area contributed by atoms with Crippen molar-refractivity contribution in [1.29, 1.82) is 0 Å². The van der Waals surface area contributed by atoms with Gasteiger partial charge in [-0.2, -0.15) is 8.78 Å². The molecule has 5 nitrogen and oxygen atoms in total. The number of hydrogen-bond acceptors (Lipinski definition) is 4. The third-order valence-electron chi connectivity index (χ3n) is 4.04. The van der Waals surface area contributed by atoms with Crippen molar-refractivity contribution in [3.63, 3.8) is 0 Å². The van der Waals surface area contributed by atoms with Gasteiger partial charge < -0.3 is 10.2 Å². The number of hydrogen-bond donors (Lipinski definition) is 1. The van der Waals surface area contributed by atoms with Crippen LogP contribution < -0.4 is 5.32 Å². The molecule has 1 N–H and O–H groups in total. The number of rotatable bonds is 6. The van der Waals surface area contributed by atoms with Crippen LogP contribution in [0.5, 0.6) is 0 Å². The van der Waals surface area contributed by atoms with Crippen LogP contribution in [0.1, 0.15) is 12.8 Å². The van der Waals surface area contributed by atoms with Crippen molar-refractivity contribution in [2.75, 3.05) is 39.0 Å². The molecule has 1 aromatic carbocycles. The Kier molecular flexibility index (Phi) is 7.19. The summed E-state index contributed by atoms with van der Waals surface area (Å²) in [6.45, 7) is 1.43. The van der Waals surface area contributed by atoms with Crippen LogP contribution in [-0.2, 0) is 9.59 Å². The Labute approximate surface area is 150 Å². The molecule has 1 aliphatic rings. The Morgan fingerprint density at radius 1 is 1.36 bits per heavy atom. The Balaban J connectivity index is 1.93. The number of benzene rings is 1. The Bertz CT molecular complexity index is 613. The van der Waals surface area contributed by atoms with E-state index < -0.39 is 5.76 Å². The quantitative estimate of drug-likeness (QED) is 0.782. The minimum Gasteiger partial charge on any atom is -0.349 e. The summed E-state index contributed by atoms with van der Waals surface area (Å²) < 4.78 is 25.2. The van der Waals surface area contributed by atoms with Crippen molar-refractivity contribution >= 4 is 29.3 Å². The maximum Gasteiger partial charge on any atom is 0.288 e. The van der Waals surface area contributed by atoms with Crippen LogP contribution in [0, 0.1) is 5.92 Å². The van der Waals surface area contributed by atoms with Gasteiger partial charge >= 0.3 is 0 Å². The largest absolute Gasteiger partial charge is 0.349 e. The number of nitrogens with one attached hydrogen (secondary N) is 1. The number of likely N-dealkylation sites (tertiary alicyclic amines) is 1. The van der Waals surface area contributed by atoms with Gasteiger partial charge in [-0.25, -0.2) is 0 Å². The second kappa shape index (κ2) is 9.15. The van der Waals surface area contributed by atoms with Crippen LogP contribution in [-0.4, -0.2) is 61.1 Å². The molecule has 1 aliphatic heterocycles. The summed E-state index contributed by atoms with van der Waals surface area (Å²) in [7, 11) is 3.46. The van der Waals surface area contributed by atoms with E-state index in [2.05, 4.69) is 5.32 Å². The zero-order chi connectivity index (χ0) is 18.4. The number of anilines is 1. The highest BCUT2D eigenvalue weighted by molar-refractivity contribution is 7.99. The van der Waals surface area contributed by atoms with E-state index >= 15 is 0 Å². The number of carbonyl (C=O) groups excluding carboxylic acids is 2. The number of amides is 2. The summed E-state index contributed by atoms with van der Waals surface area (Å²) in [5.41, 5.74) is 0.385. The van der Waals surface area contributed by atoms with Crippen LogP contribution in [0.15, 0.2) is 29.2 Å². The molecule has 2 rings (SSSR count). The molecule has 0 aliphatic carbocycles. The average Bonchev–Trinajstić information content (AvgIpc) is 2.55. The van der Waals surface area contributed by atoms with Crippen molar-refractivity contribution in [2.24, 2.45) is 5.92 Å². The fourth-order valence-electron chi connectivity index (χ4n) is 2.93. The van der Waals surface area contributed by atoms with E-state index in [4.69, 9.17) is 0 Å². The third-order valence-corrected chi connectivity index (χ3v) is 4.83. The van der Waals surface area contributed by atoms with Gasteiger partial charge in [-0.3, -0.25) is 14.5 Å².